The highest BCUT2D eigenvalue weighted by Crippen LogP contribution is 2.50. The summed E-state index contributed by atoms with van der Waals surface area (Å²) in [7, 11) is 0. The van der Waals surface area contributed by atoms with Crippen molar-refractivity contribution < 1.29 is 14.7 Å². The van der Waals surface area contributed by atoms with Crippen LogP contribution < -0.4 is 0 Å². The molecule has 1 aromatic heterocycles. The first-order valence-electron chi connectivity index (χ1n) is 7.14. The van der Waals surface area contributed by atoms with Gasteiger partial charge in [0.1, 0.15) is 0 Å². The smallest absolute Gasteiger partial charge is 0.306 e. The van der Waals surface area contributed by atoms with Crippen molar-refractivity contribution in [1.29, 1.82) is 0 Å². The molecule has 0 unspecified atom stereocenters. The minimum Gasteiger partial charge on any atom is -0.481 e. The van der Waals surface area contributed by atoms with Crippen molar-refractivity contribution in [1.82, 2.24) is 4.90 Å². The predicted octanol–water partition coefficient (Wildman–Crippen LogP) is 2.48. The molecule has 1 amide bonds. The molecule has 3 rings (SSSR count). The van der Waals surface area contributed by atoms with Gasteiger partial charge < -0.3 is 10.0 Å². The van der Waals surface area contributed by atoms with Crippen molar-refractivity contribution >= 4 is 23.2 Å². The van der Waals surface area contributed by atoms with E-state index >= 15 is 0 Å². The molecular weight excluding hydrogens is 274 g/mol. The molecule has 1 saturated heterocycles. The third-order valence-corrected chi connectivity index (χ3v) is 5.52. The zero-order valence-corrected chi connectivity index (χ0v) is 12.4. The molecule has 2 aliphatic rings. The second kappa shape index (κ2) is 5.20. The number of carboxylic acids is 1. The molecule has 1 N–H and O–H groups in total. The summed E-state index contributed by atoms with van der Waals surface area (Å²) in [6.45, 7) is 3.29. The summed E-state index contributed by atoms with van der Waals surface area (Å²) in [5, 5.41) is 8.98. The maximum absolute atomic E-state index is 12.4. The maximum atomic E-state index is 12.4. The molecule has 0 spiro atoms. The number of amides is 1. The topological polar surface area (TPSA) is 57.6 Å². The fraction of sp³-hybridized carbons (Fsp3) is 0.600. The highest BCUT2D eigenvalue weighted by Gasteiger charge is 2.47. The van der Waals surface area contributed by atoms with E-state index in [1.54, 1.807) is 11.3 Å². The average Bonchev–Trinajstić information content (AvgIpc) is 3.13. The molecule has 108 valence electrons. The summed E-state index contributed by atoms with van der Waals surface area (Å²) < 4.78 is 0. The molecule has 1 aromatic rings. The summed E-state index contributed by atoms with van der Waals surface area (Å²) in [5.74, 6) is -0.234. The van der Waals surface area contributed by atoms with Crippen LogP contribution in [0, 0.1) is 18.8 Å². The number of aliphatic carboxylic acids is 1. The second-order valence-corrected chi connectivity index (χ2v) is 7.15. The van der Waals surface area contributed by atoms with Gasteiger partial charge in [0.25, 0.3) is 0 Å². The van der Waals surface area contributed by atoms with Gasteiger partial charge in [0, 0.05) is 34.7 Å². The summed E-state index contributed by atoms with van der Waals surface area (Å²) in [5.41, 5.74) is 0. The first-order chi connectivity index (χ1) is 9.56. The standard InChI is InChI=1S/C15H19NO3S/c1-9-2-3-13(20-9)11-8-12(11)14(17)16-6-4-10(5-7-16)15(18)19/h2-3,10-12H,4-8H2,1H3,(H,18,19)/t11-,12+/m0/s1. The van der Waals surface area contributed by atoms with Gasteiger partial charge in [-0.3, -0.25) is 9.59 Å². The Morgan fingerprint density at radius 2 is 2.00 bits per heavy atom. The number of hydrogen-bond acceptors (Lipinski definition) is 3. The fourth-order valence-corrected chi connectivity index (χ4v) is 4.07. The predicted molar refractivity (Wildman–Crippen MR) is 76.8 cm³/mol. The SMILES string of the molecule is Cc1ccc([C@H]2C[C@H]2C(=O)N2CCC(C(=O)O)CC2)s1. The van der Waals surface area contributed by atoms with Crippen LogP contribution in [0.1, 0.15) is 34.9 Å². The van der Waals surface area contributed by atoms with Gasteiger partial charge in [0.05, 0.1) is 5.92 Å². The molecule has 1 aliphatic heterocycles. The molecule has 1 aliphatic carbocycles. The minimum absolute atomic E-state index is 0.134. The van der Waals surface area contributed by atoms with Gasteiger partial charge in [-0.25, -0.2) is 0 Å². The van der Waals surface area contributed by atoms with Gasteiger partial charge in [0.15, 0.2) is 0 Å². The van der Waals surface area contributed by atoms with Gasteiger partial charge >= 0.3 is 5.97 Å². The zero-order valence-electron chi connectivity index (χ0n) is 11.5. The number of rotatable bonds is 3. The molecule has 2 heterocycles. The normalized spacial score (nSPS) is 26.6. The summed E-state index contributed by atoms with van der Waals surface area (Å²) in [6.07, 6.45) is 2.14. The van der Waals surface area contributed by atoms with Gasteiger partial charge in [-0.05, 0) is 38.3 Å². The molecule has 2 atom stereocenters. The van der Waals surface area contributed by atoms with Crippen LogP contribution in [0.5, 0.6) is 0 Å². The van der Waals surface area contributed by atoms with Crippen LogP contribution in [-0.4, -0.2) is 35.0 Å². The number of thiophene rings is 1. The van der Waals surface area contributed by atoms with Gasteiger partial charge in [-0.1, -0.05) is 0 Å². The minimum atomic E-state index is -0.726. The molecule has 20 heavy (non-hydrogen) atoms. The average molecular weight is 293 g/mol. The molecule has 1 saturated carbocycles. The first-order valence-corrected chi connectivity index (χ1v) is 7.96. The van der Waals surface area contributed by atoms with Crippen molar-refractivity contribution in [2.75, 3.05) is 13.1 Å². The van der Waals surface area contributed by atoms with Crippen LogP contribution in [-0.2, 0) is 9.59 Å². The van der Waals surface area contributed by atoms with Crippen LogP contribution >= 0.6 is 11.3 Å². The van der Waals surface area contributed by atoms with E-state index in [0.717, 1.165) is 6.42 Å². The van der Waals surface area contributed by atoms with Crippen molar-refractivity contribution in [2.24, 2.45) is 11.8 Å². The van der Waals surface area contributed by atoms with E-state index in [0.29, 0.717) is 31.8 Å². The number of carbonyl (C=O) groups is 2. The lowest BCUT2D eigenvalue weighted by Crippen LogP contribution is -2.41. The van der Waals surface area contributed by atoms with Crippen LogP contribution in [0.2, 0.25) is 0 Å². The third kappa shape index (κ3) is 2.59. The monoisotopic (exact) mass is 293 g/mol. The van der Waals surface area contributed by atoms with Gasteiger partial charge in [-0.15, -0.1) is 11.3 Å². The van der Waals surface area contributed by atoms with E-state index in [9.17, 15) is 9.59 Å². The molecule has 0 radical (unpaired) electrons. The Morgan fingerprint density at radius 3 is 2.55 bits per heavy atom. The van der Waals surface area contributed by atoms with E-state index in [2.05, 4.69) is 19.1 Å². The lowest BCUT2D eigenvalue weighted by molar-refractivity contribution is -0.146. The van der Waals surface area contributed by atoms with Gasteiger partial charge in [0.2, 0.25) is 5.91 Å². The van der Waals surface area contributed by atoms with E-state index in [4.69, 9.17) is 5.11 Å². The molecule has 0 bridgehead atoms. The van der Waals surface area contributed by atoms with E-state index in [-0.39, 0.29) is 17.7 Å². The van der Waals surface area contributed by atoms with Crippen molar-refractivity contribution in [3.63, 3.8) is 0 Å². The zero-order chi connectivity index (χ0) is 14.3. The number of carboxylic acid groups (broad SMARTS) is 1. The van der Waals surface area contributed by atoms with Crippen LogP contribution in [0.25, 0.3) is 0 Å². The third-order valence-electron chi connectivity index (χ3n) is 4.39. The quantitative estimate of drug-likeness (QED) is 0.931. The lowest BCUT2D eigenvalue weighted by Gasteiger charge is -2.30. The van der Waals surface area contributed by atoms with E-state index in [1.165, 1.54) is 9.75 Å². The molecule has 4 nitrogen and oxygen atoms in total. The number of aryl methyl sites for hydroxylation is 1. The second-order valence-electron chi connectivity index (χ2n) is 5.83. The van der Waals surface area contributed by atoms with E-state index < -0.39 is 5.97 Å². The fourth-order valence-electron chi connectivity index (χ4n) is 3.02. The summed E-state index contributed by atoms with van der Waals surface area (Å²) in [4.78, 5) is 27.8. The number of likely N-dealkylation sites (tertiary alicyclic amines) is 1. The van der Waals surface area contributed by atoms with Crippen LogP contribution in [0.15, 0.2) is 12.1 Å². The number of hydrogen-bond donors (Lipinski definition) is 1. The largest absolute Gasteiger partial charge is 0.481 e. The molecule has 2 fully saturated rings. The van der Waals surface area contributed by atoms with Crippen molar-refractivity contribution in [2.45, 2.75) is 32.1 Å². The molecule has 5 heteroatoms. The van der Waals surface area contributed by atoms with Crippen molar-refractivity contribution in [3.05, 3.63) is 21.9 Å². The maximum Gasteiger partial charge on any atom is 0.306 e. The summed E-state index contributed by atoms with van der Waals surface area (Å²) in [6, 6.07) is 4.24. The Morgan fingerprint density at radius 1 is 1.30 bits per heavy atom. The number of piperidine rings is 1. The number of carbonyl (C=O) groups excluding carboxylic acids is 1. The molecular formula is C15H19NO3S. The lowest BCUT2D eigenvalue weighted by atomic mass is 9.97. The first kappa shape index (κ1) is 13.6. The highest BCUT2D eigenvalue weighted by molar-refractivity contribution is 7.12. The Hall–Kier alpha value is -1.36. The Bertz CT molecular complexity index is 531. The van der Waals surface area contributed by atoms with E-state index in [1.807, 2.05) is 4.90 Å². The van der Waals surface area contributed by atoms with Crippen LogP contribution in [0.3, 0.4) is 0 Å². The highest BCUT2D eigenvalue weighted by atomic mass is 32.1. The molecule has 0 aromatic carbocycles. The number of nitrogens with zero attached hydrogens (tertiary/aromatic N) is 1. The Labute approximate surface area is 122 Å². The Kier molecular flexibility index (Phi) is 3.54. The van der Waals surface area contributed by atoms with Gasteiger partial charge in [-0.2, -0.15) is 0 Å². The van der Waals surface area contributed by atoms with Crippen LogP contribution in [0.4, 0.5) is 0 Å². The van der Waals surface area contributed by atoms with Crippen molar-refractivity contribution in [3.8, 4) is 0 Å². The summed E-state index contributed by atoms with van der Waals surface area (Å²) >= 11 is 1.78. The Balaban J connectivity index is 1.55.